The molecule has 4 aliphatic rings. The molecule has 1 aromatic carbocycles. The molecular formula is C28H35NO7. The highest BCUT2D eigenvalue weighted by molar-refractivity contribution is 5.68. The van der Waals surface area contributed by atoms with Crippen LogP contribution in [0.1, 0.15) is 62.5 Å². The van der Waals surface area contributed by atoms with E-state index in [9.17, 15) is 25.7 Å². The minimum Gasteiger partial charge on any atom is -0.496 e. The fourth-order valence-corrected chi connectivity index (χ4v) is 6.57. The average Bonchev–Trinajstić information content (AvgIpc) is 2.90. The third-order valence-corrected chi connectivity index (χ3v) is 8.32. The Bertz CT molecular complexity index is 1090. The van der Waals surface area contributed by atoms with Crippen molar-refractivity contribution in [2.45, 2.75) is 82.1 Å². The van der Waals surface area contributed by atoms with Gasteiger partial charge in [-0.05, 0) is 74.6 Å². The summed E-state index contributed by atoms with van der Waals surface area (Å²) in [5, 5.41) is 49.8. The van der Waals surface area contributed by atoms with Crippen LogP contribution in [0.3, 0.4) is 0 Å². The molecule has 1 saturated carbocycles. The van der Waals surface area contributed by atoms with Crippen molar-refractivity contribution in [3.05, 3.63) is 46.0 Å². The molecule has 1 aliphatic heterocycles. The predicted molar refractivity (Wildman–Crippen MR) is 130 cm³/mol. The van der Waals surface area contributed by atoms with Gasteiger partial charge in [0, 0.05) is 11.5 Å². The zero-order chi connectivity index (χ0) is 25.4. The number of nitrogens with zero attached hydrogens (tertiary/aromatic N) is 1. The third-order valence-electron chi connectivity index (χ3n) is 8.32. The number of hydrogen-bond acceptors (Lipinski definition) is 8. The number of methoxy groups -OCH3 is 1. The monoisotopic (exact) mass is 497 g/mol. The lowest BCUT2D eigenvalue weighted by molar-refractivity contribution is -0.277. The molecule has 194 valence electrons. The zero-order valence-electron chi connectivity index (χ0n) is 20.6. The first-order valence-corrected chi connectivity index (χ1v) is 13.0. The molecule has 0 radical (unpaired) electrons. The second kappa shape index (κ2) is 10.5. The van der Waals surface area contributed by atoms with E-state index in [1.165, 1.54) is 31.3 Å². The maximum atomic E-state index is 10.4. The van der Waals surface area contributed by atoms with Crippen LogP contribution in [0.2, 0.25) is 0 Å². The van der Waals surface area contributed by atoms with Crippen molar-refractivity contribution < 1.29 is 34.6 Å². The van der Waals surface area contributed by atoms with Gasteiger partial charge in [0.2, 0.25) is 6.29 Å². The van der Waals surface area contributed by atoms with Crippen molar-refractivity contribution in [2.24, 2.45) is 11.8 Å². The Morgan fingerprint density at radius 3 is 2.64 bits per heavy atom. The van der Waals surface area contributed by atoms with Crippen LogP contribution in [0.4, 0.5) is 0 Å². The van der Waals surface area contributed by atoms with E-state index < -0.39 is 37.3 Å². The van der Waals surface area contributed by atoms with E-state index in [-0.39, 0.29) is 11.3 Å². The van der Waals surface area contributed by atoms with E-state index in [0.717, 1.165) is 37.0 Å². The van der Waals surface area contributed by atoms with Crippen molar-refractivity contribution in [3.63, 3.8) is 0 Å². The Kier molecular flexibility index (Phi) is 7.38. The van der Waals surface area contributed by atoms with Gasteiger partial charge in [-0.3, -0.25) is 0 Å². The molecule has 1 saturated heterocycles. The second-order valence-corrected chi connectivity index (χ2v) is 10.3. The molecule has 5 rings (SSSR count). The van der Waals surface area contributed by atoms with Crippen molar-refractivity contribution in [3.8, 4) is 11.8 Å². The van der Waals surface area contributed by atoms with Gasteiger partial charge in [0.15, 0.2) is 0 Å². The molecule has 36 heavy (non-hydrogen) atoms. The van der Waals surface area contributed by atoms with E-state index in [2.05, 4.69) is 6.07 Å². The maximum Gasteiger partial charge on any atom is 0.229 e. The summed E-state index contributed by atoms with van der Waals surface area (Å²) < 4.78 is 17.4. The summed E-state index contributed by atoms with van der Waals surface area (Å²) in [5.74, 6) is 1.83. The first kappa shape index (κ1) is 25.2. The number of benzene rings is 1. The molecule has 0 spiro atoms. The number of allylic oxidation sites excluding steroid dienone is 3. The predicted octanol–water partition coefficient (Wildman–Crippen LogP) is 2.79. The fourth-order valence-electron chi connectivity index (χ4n) is 6.57. The average molecular weight is 498 g/mol. The van der Waals surface area contributed by atoms with Gasteiger partial charge in [-0.1, -0.05) is 17.6 Å². The van der Waals surface area contributed by atoms with Gasteiger partial charge < -0.3 is 34.6 Å². The summed E-state index contributed by atoms with van der Waals surface area (Å²) in [5.41, 5.74) is 5.61. The summed E-state index contributed by atoms with van der Waals surface area (Å²) in [7, 11) is 1.68. The lowest BCUT2D eigenvalue weighted by Crippen LogP contribution is -2.60. The summed E-state index contributed by atoms with van der Waals surface area (Å²) in [4.78, 5) is 0. The third kappa shape index (κ3) is 4.44. The Balaban J connectivity index is 1.51. The van der Waals surface area contributed by atoms with E-state index >= 15 is 0 Å². The highest BCUT2D eigenvalue weighted by Crippen LogP contribution is 2.53. The van der Waals surface area contributed by atoms with Gasteiger partial charge in [0.05, 0.1) is 19.3 Å². The SMILES string of the molecule is CO/C(=C1\C2CCCC1C1=C(CCCC1)C2)c1ccc(C#N)c(O[C@@H]2OC(CO)[C@@H](O)C(O)[C@@H]2O)c1. The van der Waals surface area contributed by atoms with E-state index in [1.54, 1.807) is 30.4 Å². The van der Waals surface area contributed by atoms with Gasteiger partial charge >= 0.3 is 0 Å². The van der Waals surface area contributed by atoms with Gasteiger partial charge in [-0.25, -0.2) is 0 Å². The van der Waals surface area contributed by atoms with Crippen LogP contribution in [-0.4, -0.2) is 64.8 Å². The molecule has 8 nitrogen and oxygen atoms in total. The van der Waals surface area contributed by atoms with E-state index in [1.807, 2.05) is 6.07 Å². The highest BCUT2D eigenvalue weighted by atomic mass is 16.7. The van der Waals surface area contributed by atoms with Crippen molar-refractivity contribution in [1.29, 1.82) is 5.26 Å². The number of ether oxygens (including phenoxy) is 3. The Hall–Kier alpha value is -2.41. The summed E-state index contributed by atoms with van der Waals surface area (Å²) in [6.45, 7) is -0.559. The van der Waals surface area contributed by atoms with Gasteiger partial charge in [0.25, 0.3) is 0 Å². The van der Waals surface area contributed by atoms with Crippen LogP contribution in [0.25, 0.3) is 5.76 Å². The standard InChI is InChI=1S/C28H35NO7/c1-34-27(23-16-6-4-8-20(23)19-7-3-2-5-15(19)11-16)17-9-10-18(13-29)21(12-17)35-28-26(33)25(32)24(31)22(14-30)36-28/h9-10,12,16,20,22,24-26,28,30-33H,2-8,11,14H2,1H3/b27-23+/t16?,20?,22?,24-,25?,26+,28-/m1/s1. The van der Waals surface area contributed by atoms with Gasteiger partial charge in [-0.2, -0.15) is 5.26 Å². The lowest BCUT2D eigenvalue weighted by Gasteiger charge is -2.43. The number of aliphatic hydroxyl groups is 4. The largest absolute Gasteiger partial charge is 0.496 e. The molecule has 1 aromatic rings. The first-order chi connectivity index (χ1) is 17.5. The molecule has 0 amide bonds. The van der Waals surface area contributed by atoms with E-state index in [0.29, 0.717) is 11.8 Å². The van der Waals surface area contributed by atoms with Crippen molar-refractivity contribution >= 4 is 5.76 Å². The zero-order valence-corrected chi connectivity index (χ0v) is 20.6. The lowest BCUT2D eigenvalue weighted by atomic mass is 9.62. The van der Waals surface area contributed by atoms with Crippen molar-refractivity contribution in [1.82, 2.24) is 0 Å². The Morgan fingerprint density at radius 1 is 1.08 bits per heavy atom. The van der Waals surface area contributed by atoms with Gasteiger partial charge in [0.1, 0.15) is 42.0 Å². The molecule has 0 aromatic heterocycles. The number of fused-ring (bicyclic) bond motifs is 3. The highest BCUT2D eigenvalue weighted by Gasteiger charge is 2.45. The molecule has 4 N–H and O–H groups in total. The van der Waals surface area contributed by atoms with Crippen LogP contribution < -0.4 is 4.74 Å². The van der Waals surface area contributed by atoms with Crippen LogP contribution >= 0.6 is 0 Å². The Labute approximate surface area is 211 Å². The number of rotatable bonds is 5. The Morgan fingerprint density at radius 2 is 1.89 bits per heavy atom. The molecule has 8 heteroatoms. The first-order valence-electron chi connectivity index (χ1n) is 13.0. The molecule has 7 atom stereocenters. The minimum atomic E-state index is -1.56. The second-order valence-electron chi connectivity index (χ2n) is 10.3. The molecule has 2 bridgehead atoms. The normalized spacial score (nSPS) is 35.5. The fraction of sp³-hybridized carbons (Fsp3) is 0.607. The van der Waals surface area contributed by atoms with E-state index in [4.69, 9.17) is 14.2 Å². The minimum absolute atomic E-state index is 0.174. The van der Waals surface area contributed by atoms with Gasteiger partial charge in [-0.15, -0.1) is 0 Å². The molecular weight excluding hydrogens is 462 g/mol. The maximum absolute atomic E-state index is 10.4. The number of aliphatic hydroxyl groups excluding tert-OH is 4. The quantitative estimate of drug-likeness (QED) is 0.361. The van der Waals surface area contributed by atoms with Crippen LogP contribution in [0, 0.1) is 23.2 Å². The topological polar surface area (TPSA) is 132 Å². The van der Waals surface area contributed by atoms with Crippen LogP contribution in [0.15, 0.2) is 34.9 Å². The summed E-state index contributed by atoms with van der Waals surface area (Å²) >= 11 is 0. The molecule has 4 unspecified atom stereocenters. The smallest absolute Gasteiger partial charge is 0.229 e. The number of hydrogen-bond donors (Lipinski definition) is 4. The molecule has 1 heterocycles. The van der Waals surface area contributed by atoms with Crippen molar-refractivity contribution in [2.75, 3.05) is 13.7 Å². The molecule has 2 fully saturated rings. The van der Waals surface area contributed by atoms with Crippen LogP contribution in [0.5, 0.6) is 5.75 Å². The summed E-state index contributed by atoms with van der Waals surface area (Å²) in [6.07, 6.45) is 2.39. The molecule has 3 aliphatic carbocycles. The number of nitriles is 1. The van der Waals surface area contributed by atoms with Crippen LogP contribution in [-0.2, 0) is 9.47 Å². The summed E-state index contributed by atoms with van der Waals surface area (Å²) in [6, 6.07) is 7.32.